The lowest BCUT2D eigenvalue weighted by Crippen LogP contribution is -2.50. The van der Waals surface area contributed by atoms with E-state index in [9.17, 15) is 0 Å². The molecule has 0 radical (unpaired) electrons. The highest BCUT2D eigenvalue weighted by atomic mass is 15.2. The molecule has 21 heavy (non-hydrogen) atoms. The van der Waals surface area contributed by atoms with Crippen molar-refractivity contribution in [3.63, 3.8) is 0 Å². The van der Waals surface area contributed by atoms with E-state index in [4.69, 9.17) is 0 Å². The van der Waals surface area contributed by atoms with E-state index < -0.39 is 0 Å². The zero-order valence-corrected chi connectivity index (χ0v) is 13.6. The Balaban J connectivity index is 1.91. The summed E-state index contributed by atoms with van der Waals surface area (Å²) in [5.74, 6) is 0. The highest BCUT2D eigenvalue weighted by Crippen LogP contribution is 2.34. The van der Waals surface area contributed by atoms with Crippen LogP contribution in [0.15, 0.2) is 24.3 Å². The maximum Gasteiger partial charge on any atom is 0.0480 e. The zero-order chi connectivity index (χ0) is 14.7. The molecule has 1 fully saturated rings. The van der Waals surface area contributed by atoms with Crippen molar-refractivity contribution in [1.29, 1.82) is 0 Å². The number of rotatable bonds is 3. The fourth-order valence-electron chi connectivity index (χ4n) is 4.38. The molecule has 0 aromatic heterocycles. The number of hydrogen-bond acceptors (Lipinski definition) is 2. The molecule has 1 saturated heterocycles. The van der Waals surface area contributed by atoms with E-state index in [0.29, 0.717) is 12.1 Å². The first-order chi connectivity index (χ1) is 10.3. The molecule has 0 amide bonds. The van der Waals surface area contributed by atoms with Gasteiger partial charge in [0.25, 0.3) is 0 Å². The minimum atomic E-state index is 0.509. The second-order valence-corrected chi connectivity index (χ2v) is 6.78. The SMILES string of the molecule is CCNC1c2ccccc2CCCC1N1CCCCC1C. The smallest absolute Gasteiger partial charge is 0.0480 e. The maximum atomic E-state index is 3.81. The quantitative estimate of drug-likeness (QED) is 0.847. The Labute approximate surface area is 129 Å². The highest BCUT2D eigenvalue weighted by molar-refractivity contribution is 5.32. The second kappa shape index (κ2) is 6.93. The van der Waals surface area contributed by atoms with Crippen LogP contribution in [0.3, 0.4) is 0 Å². The van der Waals surface area contributed by atoms with Gasteiger partial charge in [0.2, 0.25) is 0 Å². The summed E-state index contributed by atoms with van der Waals surface area (Å²) >= 11 is 0. The largest absolute Gasteiger partial charge is 0.309 e. The molecular formula is C19H30N2. The van der Waals surface area contributed by atoms with Gasteiger partial charge in [0.1, 0.15) is 0 Å². The number of nitrogens with zero attached hydrogens (tertiary/aromatic N) is 1. The Morgan fingerprint density at radius 1 is 1.14 bits per heavy atom. The lowest BCUT2D eigenvalue weighted by atomic mass is 9.91. The minimum Gasteiger partial charge on any atom is -0.309 e. The van der Waals surface area contributed by atoms with E-state index >= 15 is 0 Å². The molecule has 1 aromatic rings. The summed E-state index contributed by atoms with van der Waals surface area (Å²) in [6, 6.07) is 11.0. The number of likely N-dealkylation sites (N-methyl/N-ethyl adjacent to an activating group) is 1. The fraction of sp³-hybridized carbons (Fsp3) is 0.684. The van der Waals surface area contributed by atoms with Crippen molar-refractivity contribution in [2.45, 2.75) is 70.5 Å². The van der Waals surface area contributed by atoms with E-state index in [1.807, 2.05) is 0 Å². The molecule has 2 heteroatoms. The number of benzene rings is 1. The third-order valence-corrected chi connectivity index (χ3v) is 5.43. The number of fused-ring (bicyclic) bond motifs is 1. The summed E-state index contributed by atoms with van der Waals surface area (Å²) < 4.78 is 0. The van der Waals surface area contributed by atoms with Crippen LogP contribution >= 0.6 is 0 Å². The molecule has 1 aliphatic carbocycles. The Morgan fingerprint density at radius 3 is 2.81 bits per heavy atom. The van der Waals surface area contributed by atoms with Crippen LogP contribution in [0.4, 0.5) is 0 Å². The van der Waals surface area contributed by atoms with Gasteiger partial charge in [-0.25, -0.2) is 0 Å². The molecule has 2 nitrogen and oxygen atoms in total. The van der Waals surface area contributed by atoms with Crippen LogP contribution in [0.1, 0.15) is 63.1 Å². The molecule has 0 spiro atoms. The van der Waals surface area contributed by atoms with Crippen LogP contribution in [0.25, 0.3) is 0 Å². The van der Waals surface area contributed by atoms with Gasteiger partial charge < -0.3 is 5.32 Å². The molecule has 2 aliphatic rings. The molecule has 1 heterocycles. The third-order valence-electron chi connectivity index (χ3n) is 5.43. The zero-order valence-electron chi connectivity index (χ0n) is 13.6. The van der Waals surface area contributed by atoms with Crippen molar-refractivity contribution in [2.24, 2.45) is 0 Å². The predicted octanol–water partition coefficient (Wildman–Crippen LogP) is 3.92. The van der Waals surface area contributed by atoms with Gasteiger partial charge in [-0.05, 0) is 63.2 Å². The standard InChI is InChI=1S/C19H30N2/c1-3-20-19-17-12-5-4-10-16(17)11-8-13-18(19)21-14-7-6-9-15(21)2/h4-5,10,12,15,18-20H,3,6-9,11,13-14H2,1-2H3. The van der Waals surface area contributed by atoms with Gasteiger partial charge in [0.15, 0.2) is 0 Å². The summed E-state index contributed by atoms with van der Waals surface area (Å²) in [7, 11) is 0. The van der Waals surface area contributed by atoms with Crippen molar-refractivity contribution >= 4 is 0 Å². The van der Waals surface area contributed by atoms with E-state index in [2.05, 4.69) is 48.3 Å². The molecule has 116 valence electrons. The molecule has 1 N–H and O–H groups in total. The van der Waals surface area contributed by atoms with E-state index in [0.717, 1.165) is 12.6 Å². The number of piperidine rings is 1. The molecule has 3 rings (SSSR count). The summed E-state index contributed by atoms with van der Waals surface area (Å²) in [5.41, 5.74) is 3.12. The van der Waals surface area contributed by atoms with Gasteiger partial charge in [-0.1, -0.05) is 37.6 Å². The summed E-state index contributed by atoms with van der Waals surface area (Å²) in [6.07, 6.45) is 8.06. The first kappa shape index (κ1) is 15.1. The van der Waals surface area contributed by atoms with Crippen molar-refractivity contribution < 1.29 is 0 Å². The molecule has 3 atom stereocenters. The van der Waals surface area contributed by atoms with Gasteiger partial charge >= 0.3 is 0 Å². The molecule has 1 aromatic carbocycles. The number of nitrogens with one attached hydrogen (secondary N) is 1. The maximum absolute atomic E-state index is 3.81. The topological polar surface area (TPSA) is 15.3 Å². The van der Waals surface area contributed by atoms with Crippen LogP contribution < -0.4 is 5.32 Å². The summed E-state index contributed by atoms with van der Waals surface area (Å²) in [4.78, 5) is 2.80. The molecule has 0 saturated carbocycles. The van der Waals surface area contributed by atoms with E-state index in [1.54, 1.807) is 11.1 Å². The monoisotopic (exact) mass is 286 g/mol. The van der Waals surface area contributed by atoms with Crippen LogP contribution in [0.2, 0.25) is 0 Å². The van der Waals surface area contributed by atoms with Crippen LogP contribution in [-0.4, -0.2) is 30.1 Å². The van der Waals surface area contributed by atoms with Gasteiger partial charge in [0, 0.05) is 18.1 Å². The first-order valence-corrected chi connectivity index (χ1v) is 8.88. The van der Waals surface area contributed by atoms with E-state index in [1.165, 1.54) is 45.1 Å². The fourth-order valence-corrected chi connectivity index (χ4v) is 4.38. The average Bonchev–Trinajstić information content (AvgIpc) is 2.68. The molecular weight excluding hydrogens is 256 g/mol. The first-order valence-electron chi connectivity index (χ1n) is 8.88. The Morgan fingerprint density at radius 2 is 2.00 bits per heavy atom. The van der Waals surface area contributed by atoms with Crippen molar-refractivity contribution in [1.82, 2.24) is 10.2 Å². The van der Waals surface area contributed by atoms with Crippen LogP contribution in [0, 0.1) is 0 Å². The number of hydrogen-bond donors (Lipinski definition) is 1. The Kier molecular flexibility index (Phi) is 4.97. The van der Waals surface area contributed by atoms with Gasteiger partial charge in [-0.15, -0.1) is 0 Å². The average molecular weight is 286 g/mol. The summed E-state index contributed by atoms with van der Waals surface area (Å²) in [6.45, 7) is 7.01. The number of aryl methyl sites for hydroxylation is 1. The normalized spacial score (nSPS) is 30.7. The van der Waals surface area contributed by atoms with Gasteiger partial charge in [0.05, 0.1) is 0 Å². The molecule has 3 unspecified atom stereocenters. The minimum absolute atomic E-state index is 0.509. The van der Waals surface area contributed by atoms with Gasteiger partial charge in [-0.3, -0.25) is 4.90 Å². The third kappa shape index (κ3) is 3.17. The molecule has 1 aliphatic heterocycles. The van der Waals surface area contributed by atoms with Crippen LogP contribution in [0.5, 0.6) is 0 Å². The predicted molar refractivity (Wildman–Crippen MR) is 89.6 cm³/mol. The number of likely N-dealkylation sites (tertiary alicyclic amines) is 1. The second-order valence-electron chi connectivity index (χ2n) is 6.78. The van der Waals surface area contributed by atoms with Crippen LogP contribution in [-0.2, 0) is 6.42 Å². The lowest BCUT2D eigenvalue weighted by Gasteiger charge is -2.43. The van der Waals surface area contributed by atoms with Crippen molar-refractivity contribution in [2.75, 3.05) is 13.1 Å². The highest BCUT2D eigenvalue weighted by Gasteiger charge is 2.34. The summed E-state index contributed by atoms with van der Waals surface area (Å²) in [5, 5.41) is 3.81. The Hall–Kier alpha value is -0.860. The molecule has 0 bridgehead atoms. The van der Waals surface area contributed by atoms with Crippen molar-refractivity contribution in [3.8, 4) is 0 Å². The van der Waals surface area contributed by atoms with E-state index in [-0.39, 0.29) is 0 Å². The Bertz CT molecular complexity index is 457. The van der Waals surface area contributed by atoms with Crippen molar-refractivity contribution in [3.05, 3.63) is 35.4 Å². The van der Waals surface area contributed by atoms with Gasteiger partial charge in [-0.2, -0.15) is 0 Å². The lowest BCUT2D eigenvalue weighted by molar-refractivity contribution is 0.0761.